The average Bonchev–Trinajstić information content (AvgIpc) is 2.84. The Bertz CT molecular complexity index is 336. The van der Waals surface area contributed by atoms with Crippen LogP contribution in [-0.4, -0.2) is 5.11 Å². The van der Waals surface area contributed by atoms with Crippen LogP contribution < -0.4 is 0 Å². The molecule has 1 aliphatic rings. The number of hydrogen-bond acceptors (Lipinski definition) is 1. The Kier molecular flexibility index (Phi) is 2.07. The molecule has 14 heavy (non-hydrogen) atoms. The smallest absolute Gasteiger partial charge is 0.132 e. The molecule has 76 valence electrons. The van der Waals surface area contributed by atoms with Crippen molar-refractivity contribution in [2.45, 2.75) is 25.4 Å². The Morgan fingerprint density at radius 1 is 1.29 bits per heavy atom. The predicted molar refractivity (Wildman–Crippen MR) is 48.7 cm³/mol. The van der Waals surface area contributed by atoms with E-state index < -0.39 is 17.2 Å². The maximum absolute atomic E-state index is 13.3. The third-order valence-corrected chi connectivity index (χ3v) is 2.84. The largest absolute Gasteiger partial charge is 0.385 e. The second-order valence-electron chi connectivity index (χ2n) is 4.02. The molecular formula is C11H12F2O. The minimum atomic E-state index is -1.37. The number of aliphatic hydroxyl groups is 1. The fourth-order valence-corrected chi connectivity index (χ4v) is 1.83. The van der Waals surface area contributed by atoms with Crippen molar-refractivity contribution in [2.24, 2.45) is 5.92 Å². The lowest BCUT2D eigenvalue weighted by Crippen LogP contribution is -2.26. The molecule has 1 aromatic carbocycles. The summed E-state index contributed by atoms with van der Waals surface area (Å²) in [7, 11) is 0. The van der Waals surface area contributed by atoms with Gasteiger partial charge in [0.05, 0.1) is 11.2 Å². The molecule has 1 unspecified atom stereocenters. The molecule has 0 aromatic heterocycles. The molecule has 0 amide bonds. The van der Waals surface area contributed by atoms with Gasteiger partial charge in [0.15, 0.2) is 0 Å². The van der Waals surface area contributed by atoms with Gasteiger partial charge in [-0.25, -0.2) is 8.78 Å². The molecule has 0 saturated heterocycles. The summed E-state index contributed by atoms with van der Waals surface area (Å²) in [6.07, 6.45) is 1.67. The van der Waals surface area contributed by atoms with E-state index >= 15 is 0 Å². The summed E-state index contributed by atoms with van der Waals surface area (Å²) in [5, 5.41) is 10.0. The van der Waals surface area contributed by atoms with Crippen molar-refractivity contribution in [3.8, 4) is 0 Å². The predicted octanol–water partition coefficient (Wildman–Crippen LogP) is 2.58. The lowest BCUT2D eigenvalue weighted by atomic mass is 9.90. The summed E-state index contributed by atoms with van der Waals surface area (Å²) in [6.45, 7) is 1.48. The van der Waals surface area contributed by atoms with Crippen LogP contribution in [0.25, 0.3) is 0 Å². The molecule has 1 aliphatic carbocycles. The van der Waals surface area contributed by atoms with Crippen molar-refractivity contribution >= 4 is 0 Å². The third-order valence-electron chi connectivity index (χ3n) is 2.84. The van der Waals surface area contributed by atoms with E-state index in [1.54, 1.807) is 0 Å². The number of halogens is 2. The molecule has 1 fully saturated rings. The minimum Gasteiger partial charge on any atom is -0.385 e. The van der Waals surface area contributed by atoms with Crippen molar-refractivity contribution in [1.82, 2.24) is 0 Å². The number of rotatable bonds is 2. The maximum Gasteiger partial charge on any atom is 0.132 e. The van der Waals surface area contributed by atoms with Crippen LogP contribution >= 0.6 is 0 Å². The highest BCUT2D eigenvalue weighted by atomic mass is 19.1. The zero-order chi connectivity index (χ0) is 10.3. The highest BCUT2D eigenvalue weighted by Gasteiger charge is 2.44. The van der Waals surface area contributed by atoms with Crippen molar-refractivity contribution < 1.29 is 13.9 Å². The molecule has 1 atom stereocenters. The van der Waals surface area contributed by atoms with E-state index in [0.717, 1.165) is 12.8 Å². The third kappa shape index (κ3) is 1.42. The van der Waals surface area contributed by atoms with Gasteiger partial charge >= 0.3 is 0 Å². The number of benzene rings is 1. The van der Waals surface area contributed by atoms with E-state index in [9.17, 15) is 13.9 Å². The van der Waals surface area contributed by atoms with Gasteiger partial charge in [-0.1, -0.05) is 6.07 Å². The quantitative estimate of drug-likeness (QED) is 0.774. The normalized spacial score (nSPS) is 20.6. The monoisotopic (exact) mass is 198 g/mol. The van der Waals surface area contributed by atoms with Gasteiger partial charge in [0, 0.05) is 0 Å². The Hall–Kier alpha value is -0.960. The molecule has 0 radical (unpaired) electrons. The van der Waals surface area contributed by atoms with Crippen molar-refractivity contribution in [1.29, 1.82) is 0 Å². The molecule has 1 nitrogen and oxygen atoms in total. The van der Waals surface area contributed by atoms with Crippen LogP contribution in [0.1, 0.15) is 25.3 Å². The first-order chi connectivity index (χ1) is 6.53. The second-order valence-corrected chi connectivity index (χ2v) is 4.02. The first-order valence-corrected chi connectivity index (χ1v) is 4.70. The second kappa shape index (κ2) is 3.02. The van der Waals surface area contributed by atoms with Gasteiger partial charge in [0.25, 0.3) is 0 Å². The molecule has 3 heteroatoms. The van der Waals surface area contributed by atoms with Crippen LogP contribution in [0.15, 0.2) is 18.2 Å². The molecule has 0 heterocycles. The molecule has 0 bridgehead atoms. The van der Waals surface area contributed by atoms with Crippen LogP contribution in [-0.2, 0) is 5.60 Å². The van der Waals surface area contributed by atoms with Gasteiger partial charge in [-0.05, 0) is 37.8 Å². The Labute approximate surface area is 81.4 Å². The zero-order valence-corrected chi connectivity index (χ0v) is 7.93. The Morgan fingerprint density at radius 3 is 2.21 bits per heavy atom. The van der Waals surface area contributed by atoms with Gasteiger partial charge in [0.1, 0.15) is 11.6 Å². The molecule has 0 aliphatic heterocycles. The van der Waals surface area contributed by atoms with Crippen LogP contribution in [0.5, 0.6) is 0 Å². The van der Waals surface area contributed by atoms with E-state index in [-0.39, 0.29) is 11.5 Å². The molecule has 1 N–H and O–H groups in total. The minimum absolute atomic E-state index is 0.00565. The van der Waals surface area contributed by atoms with E-state index in [2.05, 4.69) is 0 Å². The first kappa shape index (κ1) is 9.59. The highest BCUT2D eigenvalue weighted by Crippen LogP contribution is 2.46. The summed E-state index contributed by atoms with van der Waals surface area (Å²) >= 11 is 0. The van der Waals surface area contributed by atoms with Gasteiger partial charge in [0.2, 0.25) is 0 Å². The molecule has 0 spiro atoms. The molecule has 1 saturated carbocycles. The van der Waals surface area contributed by atoms with E-state index in [4.69, 9.17) is 0 Å². The Balaban J connectivity index is 2.48. The summed E-state index contributed by atoms with van der Waals surface area (Å²) in [4.78, 5) is 0. The van der Waals surface area contributed by atoms with Gasteiger partial charge in [-0.15, -0.1) is 0 Å². The molecule has 1 aromatic rings. The van der Waals surface area contributed by atoms with Gasteiger partial charge in [-0.2, -0.15) is 0 Å². The average molecular weight is 198 g/mol. The summed E-state index contributed by atoms with van der Waals surface area (Å²) in [5.74, 6) is -1.34. The van der Waals surface area contributed by atoms with E-state index in [0.29, 0.717) is 0 Å². The van der Waals surface area contributed by atoms with Crippen molar-refractivity contribution in [3.05, 3.63) is 35.4 Å². The molecular weight excluding hydrogens is 186 g/mol. The maximum atomic E-state index is 13.3. The van der Waals surface area contributed by atoms with Gasteiger partial charge < -0.3 is 5.11 Å². The summed E-state index contributed by atoms with van der Waals surface area (Å²) in [5.41, 5.74) is -1.56. The van der Waals surface area contributed by atoms with Crippen molar-refractivity contribution in [3.63, 3.8) is 0 Å². The van der Waals surface area contributed by atoms with Gasteiger partial charge in [-0.3, -0.25) is 0 Å². The summed E-state index contributed by atoms with van der Waals surface area (Å²) in [6, 6.07) is 3.65. The summed E-state index contributed by atoms with van der Waals surface area (Å²) < 4.78 is 26.7. The van der Waals surface area contributed by atoms with Crippen LogP contribution in [0.2, 0.25) is 0 Å². The van der Waals surface area contributed by atoms with Crippen LogP contribution in [0.4, 0.5) is 8.78 Å². The highest BCUT2D eigenvalue weighted by molar-refractivity contribution is 5.27. The fourth-order valence-electron chi connectivity index (χ4n) is 1.83. The van der Waals surface area contributed by atoms with Crippen LogP contribution in [0, 0.1) is 17.6 Å². The first-order valence-electron chi connectivity index (χ1n) is 4.70. The Morgan fingerprint density at radius 2 is 1.79 bits per heavy atom. The van der Waals surface area contributed by atoms with E-state index in [1.165, 1.54) is 25.1 Å². The molecule has 2 rings (SSSR count). The van der Waals surface area contributed by atoms with Crippen molar-refractivity contribution in [2.75, 3.05) is 0 Å². The van der Waals surface area contributed by atoms with E-state index in [1.807, 2.05) is 0 Å². The van der Waals surface area contributed by atoms with Crippen LogP contribution in [0.3, 0.4) is 0 Å². The zero-order valence-electron chi connectivity index (χ0n) is 7.93. The fraction of sp³-hybridized carbons (Fsp3) is 0.455. The SMILES string of the molecule is CC(O)(c1c(F)cccc1F)C1CC1. The lowest BCUT2D eigenvalue weighted by molar-refractivity contribution is 0.0257. The standard InChI is InChI=1S/C11H12F2O/c1-11(14,7-5-6-7)10-8(12)3-2-4-9(10)13/h2-4,7,14H,5-6H2,1H3. The topological polar surface area (TPSA) is 20.2 Å². The number of hydrogen-bond donors (Lipinski definition) is 1. The lowest BCUT2D eigenvalue weighted by Gasteiger charge is -2.24.